The van der Waals surface area contributed by atoms with Gasteiger partial charge in [0, 0.05) is 31.4 Å². The van der Waals surface area contributed by atoms with Gasteiger partial charge in [0.1, 0.15) is 12.4 Å². The Morgan fingerprint density at radius 2 is 2.05 bits per heavy atom. The molecular weight excluding hydrogens is 260 g/mol. The van der Waals surface area contributed by atoms with Crippen molar-refractivity contribution in [3.8, 4) is 5.75 Å². The third-order valence-electron chi connectivity index (χ3n) is 2.68. The molecule has 0 bridgehead atoms. The molecule has 0 saturated heterocycles. The molecule has 0 aliphatic heterocycles. The predicted octanol–water partition coefficient (Wildman–Crippen LogP) is -0.557. The average molecular weight is 276 g/mol. The number of pyridine rings is 1. The first-order valence-corrected chi connectivity index (χ1v) is 6.26. The lowest BCUT2D eigenvalue weighted by molar-refractivity contribution is 0.323. The van der Waals surface area contributed by atoms with Crippen molar-refractivity contribution in [3.63, 3.8) is 0 Å². The molecular formula is C13H16N4O3. The van der Waals surface area contributed by atoms with Crippen LogP contribution < -0.4 is 21.6 Å². The summed E-state index contributed by atoms with van der Waals surface area (Å²) < 4.78 is 8.02. The molecule has 0 saturated carbocycles. The molecule has 2 aromatic heterocycles. The summed E-state index contributed by atoms with van der Waals surface area (Å²) in [5.41, 5.74) is 4.93. The summed E-state index contributed by atoms with van der Waals surface area (Å²) in [5, 5.41) is 4.00. The van der Waals surface area contributed by atoms with Crippen LogP contribution in [0.25, 0.3) is 0 Å². The lowest BCUT2D eigenvalue weighted by atomic mass is 10.4. The van der Waals surface area contributed by atoms with Crippen molar-refractivity contribution in [3.05, 3.63) is 57.4 Å². The van der Waals surface area contributed by atoms with E-state index in [1.54, 1.807) is 18.3 Å². The van der Waals surface area contributed by atoms with Gasteiger partial charge in [0.05, 0.1) is 12.7 Å². The molecule has 0 aliphatic carbocycles. The van der Waals surface area contributed by atoms with Crippen LogP contribution in [0.2, 0.25) is 0 Å². The van der Waals surface area contributed by atoms with E-state index in [-0.39, 0.29) is 11.1 Å². The van der Waals surface area contributed by atoms with E-state index in [1.807, 2.05) is 0 Å². The zero-order chi connectivity index (χ0) is 14.4. The largest absolute Gasteiger partial charge is 0.490 e. The van der Waals surface area contributed by atoms with Gasteiger partial charge in [-0.2, -0.15) is 5.10 Å². The molecule has 0 aliphatic rings. The second kappa shape index (κ2) is 6.67. The van der Waals surface area contributed by atoms with Crippen LogP contribution in [0, 0.1) is 0 Å². The molecule has 0 radical (unpaired) electrons. The molecule has 2 aromatic rings. The topological polar surface area (TPSA) is 92.1 Å². The first-order valence-electron chi connectivity index (χ1n) is 6.26. The number of aryl methyl sites for hydroxylation is 2. The van der Waals surface area contributed by atoms with Gasteiger partial charge in [-0.25, -0.2) is 4.68 Å². The summed E-state index contributed by atoms with van der Waals surface area (Å²) in [5.74, 6) is 0.397. The van der Waals surface area contributed by atoms with Crippen molar-refractivity contribution < 1.29 is 4.74 Å². The van der Waals surface area contributed by atoms with E-state index in [2.05, 4.69) is 5.10 Å². The van der Waals surface area contributed by atoms with Gasteiger partial charge in [-0.05, 0) is 6.07 Å². The highest BCUT2D eigenvalue weighted by atomic mass is 16.5. The highest BCUT2D eigenvalue weighted by molar-refractivity contribution is 5.13. The quantitative estimate of drug-likeness (QED) is 0.763. The Morgan fingerprint density at radius 1 is 1.20 bits per heavy atom. The summed E-state index contributed by atoms with van der Waals surface area (Å²) in [7, 11) is 0. The molecule has 0 atom stereocenters. The van der Waals surface area contributed by atoms with Crippen LogP contribution in [0.1, 0.15) is 0 Å². The van der Waals surface area contributed by atoms with E-state index in [0.717, 1.165) is 0 Å². The number of ether oxygens (including phenoxy) is 1. The molecule has 7 nitrogen and oxygen atoms in total. The number of nitrogens with two attached hydrogens (primary N) is 1. The summed E-state index contributed by atoms with van der Waals surface area (Å²) >= 11 is 0. The van der Waals surface area contributed by atoms with Crippen LogP contribution >= 0.6 is 0 Å². The molecule has 106 valence electrons. The van der Waals surface area contributed by atoms with Crippen LogP contribution in [-0.2, 0) is 13.1 Å². The molecule has 2 heterocycles. The zero-order valence-electron chi connectivity index (χ0n) is 10.9. The predicted molar refractivity (Wildman–Crippen MR) is 73.7 cm³/mol. The van der Waals surface area contributed by atoms with Gasteiger partial charge in [-0.1, -0.05) is 6.07 Å². The lowest BCUT2D eigenvalue weighted by Crippen LogP contribution is -2.27. The Hall–Kier alpha value is -2.41. The minimum atomic E-state index is -0.275. The maximum atomic E-state index is 11.8. The van der Waals surface area contributed by atoms with E-state index < -0.39 is 0 Å². The van der Waals surface area contributed by atoms with Gasteiger partial charge < -0.3 is 15.0 Å². The molecule has 0 unspecified atom stereocenters. The summed E-state index contributed by atoms with van der Waals surface area (Å²) in [6, 6.07) is 6.27. The van der Waals surface area contributed by atoms with E-state index >= 15 is 0 Å². The zero-order valence-corrected chi connectivity index (χ0v) is 10.9. The normalized spacial score (nSPS) is 10.4. The standard InChI is InChI=1S/C13H16N4O3/c14-4-8-20-11-9-13(19)17(15-10-11)7-6-16-5-2-1-3-12(16)18/h1-3,5,9-10H,4,6-8,14H2. The third kappa shape index (κ3) is 3.55. The van der Waals surface area contributed by atoms with Crippen molar-refractivity contribution in [2.45, 2.75) is 13.1 Å². The number of hydrogen-bond acceptors (Lipinski definition) is 5. The Kier molecular flexibility index (Phi) is 4.67. The fraction of sp³-hybridized carbons (Fsp3) is 0.308. The first kappa shape index (κ1) is 14.0. The fourth-order valence-corrected chi connectivity index (χ4v) is 1.69. The molecule has 0 spiro atoms. The van der Waals surface area contributed by atoms with E-state index in [9.17, 15) is 9.59 Å². The SMILES string of the molecule is NCCOc1cnn(CCn2ccccc2=O)c(=O)c1. The maximum Gasteiger partial charge on any atom is 0.270 e. The first-order chi connectivity index (χ1) is 9.70. The van der Waals surface area contributed by atoms with E-state index in [4.69, 9.17) is 10.5 Å². The molecule has 0 fully saturated rings. The Labute approximate surface area is 115 Å². The van der Waals surface area contributed by atoms with Gasteiger partial charge in [-0.3, -0.25) is 9.59 Å². The summed E-state index contributed by atoms with van der Waals surface area (Å²) in [4.78, 5) is 23.3. The van der Waals surface area contributed by atoms with Crippen LogP contribution in [0.15, 0.2) is 46.2 Å². The van der Waals surface area contributed by atoms with E-state index in [1.165, 1.54) is 27.6 Å². The molecule has 0 amide bonds. The monoisotopic (exact) mass is 276 g/mol. The molecule has 20 heavy (non-hydrogen) atoms. The van der Waals surface area contributed by atoms with Crippen molar-refractivity contribution in [2.75, 3.05) is 13.2 Å². The van der Waals surface area contributed by atoms with Gasteiger partial charge in [0.2, 0.25) is 0 Å². The van der Waals surface area contributed by atoms with Gasteiger partial charge in [-0.15, -0.1) is 0 Å². The smallest absolute Gasteiger partial charge is 0.270 e. The third-order valence-corrected chi connectivity index (χ3v) is 2.68. The number of hydrogen-bond donors (Lipinski definition) is 1. The Morgan fingerprint density at radius 3 is 2.75 bits per heavy atom. The minimum absolute atomic E-state index is 0.108. The van der Waals surface area contributed by atoms with Crippen molar-refractivity contribution in [1.29, 1.82) is 0 Å². The van der Waals surface area contributed by atoms with Crippen molar-refractivity contribution >= 4 is 0 Å². The van der Waals surface area contributed by atoms with Crippen LogP contribution in [-0.4, -0.2) is 27.5 Å². The summed E-state index contributed by atoms with van der Waals surface area (Å²) in [6.45, 7) is 1.42. The molecule has 7 heteroatoms. The van der Waals surface area contributed by atoms with E-state index in [0.29, 0.717) is 32.0 Å². The van der Waals surface area contributed by atoms with Gasteiger partial charge in [0.25, 0.3) is 11.1 Å². The highest BCUT2D eigenvalue weighted by Crippen LogP contribution is 2.02. The van der Waals surface area contributed by atoms with Crippen LogP contribution in [0.3, 0.4) is 0 Å². The number of nitrogens with zero attached hydrogens (tertiary/aromatic N) is 3. The van der Waals surface area contributed by atoms with Crippen LogP contribution in [0.4, 0.5) is 0 Å². The summed E-state index contributed by atoms with van der Waals surface area (Å²) in [6.07, 6.45) is 3.14. The minimum Gasteiger partial charge on any atom is -0.490 e. The highest BCUT2D eigenvalue weighted by Gasteiger charge is 2.02. The van der Waals surface area contributed by atoms with Gasteiger partial charge >= 0.3 is 0 Å². The van der Waals surface area contributed by atoms with Crippen LogP contribution in [0.5, 0.6) is 5.75 Å². The average Bonchev–Trinajstić information content (AvgIpc) is 2.45. The fourth-order valence-electron chi connectivity index (χ4n) is 1.69. The second-order valence-electron chi connectivity index (χ2n) is 4.12. The Bertz CT molecular complexity index is 678. The number of aromatic nitrogens is 3. The van der Waals surface area contributed by atoms with Crippen molar-refractivity contribution in [2.24, 2.45) is 5.73 Å². The Balaban J connectivity index is 2.05. The second-order valence-corrected chi connectivity index (χ2v) is 4.12. The molecule has 2 N–H and O–H groups in total. The molecule has 2 rings (SSSR count). The van der Waals surface area contributed by atoms with Crippen molar-refractivity contribution in [1.82, 2.24) is 14.3 Å². The lowest BCUT2D eigenvalue weighted by Gasteiger charge is -2.08. The molecule has 0 aromatic carbocycles. The van der Waals surface area contributed by atoms with Gasteiger partial charge in [0.15, 0.2) is 0 Å². The maximum absolute atomic E-state index is 11.8. The number of rotatable bonds is 6.